The van der Waals surface area contributed by atoms with Crippen LogP contribution >= 0.6 is 15.9 Å². The van der Waals surface area contributed by atoms with E-state index >= 15 is 0 Å². The van der Waals surface area contributed by atoms with Gasteiger partial charge in [-0.1, -0.05) is 29.8 Å². The third kappa shape index (κ3) is 2.63. The van der Waals surface area contributed by atoms with Gasteiger partial charge in [-0.05, 0) is 25.2 Å². The minimum Gasteiger partial charge on any atom is -0.269 e. The zero-order valence-electron chi connectivity index (χ0n) is 9.54. The molecule has 84 valence electrons. The van der Waals surface area contributed by atoms with Crippen molar-refractivity contribution in [1.29, 1.82) is 0 Å². The van der Waals surface area contributed by atoms with Crippen LogP contribution in [0.2, 0.25) is 0 Å². The Balaban J connectivity index is 2.11. The van der Waals surface area contributed by atoms with Gasteiger partial charge in [0.25, 0.3) is 0 Å². The Morgan fingerprint density at radius 3 is 2.80 bits per heavy atom. The van der Waals surface area contributed by atoms with Crippen LogP contribution in [0.25, 0.3) is 0 Å². The lowest BCUT2D eigenvalue weighted by atomic mass is 10.1. The van der Waals surface area contributed by atoms with Crippen molar-refractivity contribution in [3.05, 3.63) is 17.5 Å². The average molecular weight is 271 g/mol. The average Bonchev–Trinajstić information content (AvgIpc) is 2.96. The fourth-order valence-electron chi connectivity index (χ4n) is 1.92. The fraction of sp³-hybridized carbons (Fsp3) is 0.750. The summed E-state index contributed by atoms with van der Waals surface area (Å²) in [5, 5.41) is 5.45. The number of alkyl halides is 1. The normalized spacial score (nSPS) is 16.3. The van der Waals surface area contributed by atoms with E-state index in [1.54, 1.807) is 0 Å². The van der Waals surface area contributed by atoms with E-state index in [1.165, 1.54) is 30.5 Å². The Morgan fingerprint density at radius 1 is 1.53 bits per heavy atom. The van der Waals surface area contributed by atoms with Crippen LogP contribution in [0.5, 0.6) is 0 Å². The molecule has 1 aromatic rings. The van der Waals surface area contributed by atoms with Crippen LogP contribution in [0.15, 0.2) is 6.20 Å². The molecule has 0 saturated heterocycles. The Bertz CT molecular complexity index is 326. The molecule has 0 spiro atoms. The van der Waals surface area contributed by atoms with Crippen LogP contribution < -0.4 is 0 Å². The maximum absolute atomic E-state index is 4.51. The molecule has 1 heterocycles. The van der Waals surface area contributed by atoms with Crippen molar-refractivity contribution in [2.24, 2.45) is 5.92 Å². The summed E-state index contributed by atoms with van der Waals surface area (Å²) in [5.74, 6) is 1.56. The second kappa shape index (κ2) is 4.69. The summed E-state index contributed by atoms with van der Waals surface area (Å²) >= 11 is 3.54. The molecule has 15 heavy (non-hydrogen) atoms. The molecule has 0 amide bonds. The minimum absolute atomic E-state index is 0.758. The van der Waals surface area contributed by atoms with E-state index in [1.807, 2.05) is 6.20 Å². The molecule has 0 unspecified atom stereocenters. The molecule has 3 heteroatoms. The Kier molecular flexibility index (Phi) is 3.49. The second-order valence-corrected chi connectivity index (χ2v) is 5.43. The molecule has 2 rings (SSSR count). The van der Waals surface area contributed by atoms with Crippen molar-refractivity contribution in [1.82, 2.24) is 9.78 Å². The lowest BCUT2D eigenvalue weighted by Crippen LogP contribution is -2.07. The first-order valence-electron chi connectivity index (χ1n) is 5.83. The summed E-state index contributed by atoms with van der Waals surface area (Å²) in [6.45, 7) is 5.62. The predicted octanol–water partition coefficient (Wildman–Crippen LogP) is 3.70. The number of halogens is 1. The summed E-state index contributed by atoms with van der Waals surface area (Å²) in [6.07, 6.45) is 5.96. The molecule has 1 saturated carbocycles. The van der Waals surface area contributed by atoms with Gasteiger partial charge in [-0.2, -0.15) is 5.10 Å². The highest BCUT2D eigenvalue weighted by Crippen LogP contribution is 2.42. The van der Waals surface area contributed by atoms with Gasteiger partial charge in [0, 0.05) is 29.1 Å². The molecule has 1 fully saturated rings. The molecule has 0 aliphatic heterocycles. The largest absolute Gasteiger partial charge is 0.269 e. The highest BCUT2D eigenvalue weighted by atomic mass is 79.9. The van der Waals surface area contributed by atoms with E-state index in [-0.39, 0.29) is 0 Å². The Hall–Kier alpha value is -0.310. The molecule has 0 radical (unpaired) electrons. The van der Waals surface area contributed by atoms with Gasteiger partial charge in [0.1, 0.15) is 0 Å². The number of aromatic nitrogens is 2. The topological polar surface area (TPSA) is 17.8 Å². The molecule has 1 aromatic heterocycles. The third-order valence-electron chi connectivity index (χ3n) is 2.99. The van der Waals surface area contributed by atoms with Gasteiger partial charge in [-0.25, -0.2) is 0 Å². The van der Waals surface area contributed by atoms with E-state index < -0.39 is 0 Å². The number of hydrogen-bond acceptors (Lipinski definition) is 1. The number of aryl methyl sites for hydroxylation is 1. The minimum atomic E-state index is 0.758. The quantitative estimate of drug-likeness (QED) is 0.746. The molecular formula is C12H19BrN2. The maximum Gasteiger partial charge on any atom is 0.0533 e. The molecule has 1 aliphatic rings. The van der Waals surface area contributed by atoms with Crippen molar-refractivity contribution < 1.29 is 0 Å². The van der Waals surface area contributed by atoms with E-state index in [0.717, 1.165) is 23.7 Å². The maximum atomic E-state index is 4.51. The molecular weight excluding hydrogens is 252 g/mol. The fourth-order valence-corrected chi connectivity index (χ4v) is 2.36. The number of nitrogens with zero attached hydrogens (tertiary/aromatic N) is 2. The summed E-state index contributed by atoms with van der Waals surface area (Å²) < 4.78 is 2.23. The molecule has 1 aliphatic carbocycles. The van der Waals surface area contributed by atoms with E-state index in [2.05, 4.69) is 39.6 Å². The van der Waals surface area contributed by atoms with Gasteiger partial charge >= 0.3 is 0 Å². The molecule has 0 N–H and O–H groups in total. The van der Waals surface area contributed by atoms with Crippen molar-refractivity contribution in [2.45, 2.75) is 50.9 Å². The Morgan fingerprint density at radius 2 is 2.27 bits per heavy atom. The van der Waals surface area contributed by atoms with Gasteiger partial charge < -0.3 is 0 Å². The van der Waals surface area contributed by atoms with Crippen molar-refractivity contribution in [2.75, 3.05) is 0 Å². The van der Waals surface area contributed by atoms with Gasteiger partial charge in [-0.3, -0.25) is 4.68 Å². The van der Waals surface area contributed by atoms with Crippen molar-refractivity contribution in [3.8, 4) is 0 Å². The number of hydrogen-bond donors (Lipinski definition) is 0. The molecule has 2 nitrogen and oxygen atoms in total. The van der Waals surface area contributed by atoms with Gasteiger partial charge in [-0.15, -0.1) is 0 Å². The lowest BCUT2D eigenvalue weighted by molar-refractivity contribution is 0.475. The summed E-state index contributed by atoms with van der Waals surface area (Å²) in [4.78, 5) is 0. The summed E-state index contributed by atoms with van der Waals surface area (Å²) in [6, 6.07) is 0. The summed E-state index contributed by atoms with van der Waals surface area (Å²) in [7, 11) is 0. The molecule has 0 atom stereocenters. The first kappa shape index (κ1) is 11.2. The van der Waals surface area contributed by atoms with Crippen LogP contribution in [0.3, 0.4) is 0 Å². The smallest absolute Gasteiger partial charge is 0.0533 e. The third-order valence-corrected chi connectivity index (χ3v) is 3.59. The zero-order chi connectivity index (χ0) is 10.8. The standard InChI is InChI=1S/C12H19BrN2/c1-9(2)5-6-15-12(10-3-4-10)11(7-13)8-14-15/h8-10H,3-7H2,1-2H3. The van der Waals surface area contributed by atoms with E-state index in [4.69, 9.17) is 0 Å². The predicted molar refractivity (Wildman–Crippen MR) is 66.3 cm³/mol. The first-order valence-corrected chi connectivity index (χ1v) is 6.95. The van der Waals surface area contributed by atoms with Crippen LogP contribution in [0.1, 0.15) is 50.3 Å². The monoisotopic (exact) mass is 270 g/mol. The van der Waals surface area contributed by atoms with Crippen LogP contribution in [-0.4, -0.2) is 9.78 Å². The Labute approximate surface area is 100 Å². The highest BCUT2D eigenvalue weighted by molar-refractivity contribution is 9.08. The van der Waals surface area contributed by atoms with Gasteiger partial charge in [0.2, 0.25) is 0 Å². The van der Waals surface area contributed by atoms with Crippen molar-refractivity contribution >= 4 is 15.9 Å². The van der Waals surface area contributed by atoms with E-state index in [0.29, 0.717) is 0 Å². The first-order chi connectivity index (χ1) is 7.22. The van der Waals surface area contributed by atoms with E-state index in [9.17, 15) is 0 Å². The van der Waals surface area contributed by atoms with Crippen molar-refractivity contribution in [3.63, 3.8) is 0 Å². The highest BCUT2D eigenvalue weighted by Gasteiger charge is 2.29. The molecule has 0 bridgehead atoms. The van der Waals surface area contributed by atoms with Crippen LogP contribution in [0.4, 0.5) is 0 Å². The lowest BCUT2D eigenvalue weighted by Gasteiger charge is -2.09. The summed E-state index contributed by atoms with van der Waals surface area (Å²) in [5.41, 5.74) is 2.88. The number of rotatable bonds is 5. The second-order valence-electron chi connectivity index (χ2n) is 4.87. The molecule has 0 aromatic carbocycles. The zero-order valence-corrected chi connectivity index (χ0v) is 11.1. The van der Waals surface area contributed by atoms with Crippen LogP contribution in [-0.2, 0) is 11.9 Å². The SMILES string of the molecule is CC(C)CCn1ncc(CBr)c1C1CC1. The van der Waals surface area contributed by atoms with Gasteiger partial charge in [0.15, 0.2) is 0 Å². The van der Waals surface area contributed by atoms with Gasteiger partial charge in [0.05, 0.1) is 6.20 Å². The van der Waals surface area contributed by atoms with Crippen LogP contribution in [0, 0.1) is 5.92 Å².